The third-order valence-electron chi connectivity index (χ3n) is 4.11. The SMILES string of the molecule is CCCCc1ccc(C(=O)N(C)CC2CC(O)C2)cc1. The van der Waals surface area contributed by atoms with Gasteiger partial charge in [0.1, 0.15) is 0 Å². The minimum Gasteiger partial charge on any atom is -0.393 e. The molecule has 20 heavy (non-hydrogen) atoms. The summed E-state index contributed by atoms with van der Waals surface area (Å²) in [6.07, 6.45) is 4.97. The number of rotatable bonds is 6. The molecule has 1 amide bonds. The van der Waals surface area contributed by atoms with Gasteiger partial charge in [-0.3, -0.25) is 4.79 Å². The standard InChI is InChI=1S/C17H25NO2/c1-3-4-5-13-6-8-15(9-7-13)17(20)18(2)12-14-10-16(19)11-14/h6-9,14,16,19H,3-5,10-12H2,1-2H3. The lowest BCUT2D eigenvalue weighted by atomic mass is 9.82. The average Bonchev–Trinajstić information content (AvgIpc) is 2.43. The van der Waals surface area contributed by atoms with Crippen LogP contribution in [0.15, 0.2) is 24.3 Å². The van der Waals surface area contributed by atoms with Crippen LogP contribution in [0.25, 0.3) is 0 Å². The maximum atomic E-state index is 12.3. The summed E-state index contributed by atoms with van der Waals surface area (Å²) in [5.74, 6) is 0.538. The van der Waals surface area contributed by atoms with Gasteiger partial charge >= 0.3 is 0 Å². The van der Waals surface area contributed by atoms with E-state index in [1.807, 2.05) is 19.2 Å². The smallest absolute Gasteiger partial charge is 0.253 e. The molecule has 0 spiro atoms. The molecule has 1 N–H and O–H groups in total. The van der Waals surface area contributed by atoms with E-state index in [0.717, 1.165) is 31.4 Å². The molecule has 1 fully saturated rings. The summed E-state index contributed by atoms with van der Waals surface area (Å²) < 4.78 is 0. The van der Waals surface area contributed by atoms with E-state index >= 15 is 0 Å². The molecule has 1 saturated carbocycles. The van der Waals surface area contributed by atoms with Crippen LogP contribution < -0.4 is 0 Å². The molecule has 0 saturated heterocycles. The Labute approximate surface area is 121 Å². The normalized spacial score (nSPS) is 21.4. The fourth-order valence-corrected chi connectivity index (χ4v) is 2.74. The third-order valence-corrected chi connectivity index (χ3v) is 4.11. The van der Waals surface area contributed by atoms with Gasteiger partial charge in [-0.15, -0.1) is 0 Å². The van der Waals surface area contributed by atoms with Gasteiger partial charge in [0.15, 0.2) is 0 Å². The number of hydrogen-bond acceptors (Lipinski definition) is 2. The fraction of sp³-hybridized carbons (Fsp3) is 0.588. The zero-order chi connectivity index (χ0) is 14.5. The van der Waals surface area contributed by atoms with E-state index in [-0.39, 0.29) is 12.0 Å². The molecule has 1 aliphatic rings. The number of unbranched alkanes of at least 4 members (excludes halogenated alkanes) is 1. The molecule has 2 rings (SSSR count). The number of hydrogen-bond donors (Lipinski definition) is 1. The summed E-state index contributed by atoms with van der Waals surface area (Å²) in [6.45, 7) is 2.93. The van der Waals surface area contributed by atoms with Crippen molar-refractivity contribution in [2.75, 3.05) is 13.6 Å². The second-order valence-corrected chi connectivity index (χ2v) is 5.98. The van der Waals surface area contributed by atoms with Gasteiger partial charge in [0, 0.05) is 19.2 Å². The molecular weight excluding hydrogens is 250 g/mol. The Morgan fingerprint density at radius 2 is 1.95 bits per heavy atom. The van der Waals surface area contributed by atoms with E-state index in [9.17, 15) is 9.90 Å². The summed E-state index contributed by atoms with van der Waals surface area (Å²) >= 11 is 0. The molecule has 1 aromatic rings. The van der Waals surface area contributed by atoms with Crippen LogP contribution in [-0.4, -0.2) is 35.6 Å². The van der Waals surface area contributed by atoms with Crippen molar-refractivity contribution in [1.29, 1.82) is 0 Å². The molecule has 110 valence electrons. The first-order valence-electron chi connectivity index (χ1n) is 7.62. The minimum atomic E-state index is -0.152. The molecule has 0 aromatic heterocycles. The van der Waals surface area contributed by atoms with Crippen LogP contribution in [0.1, 0.15) is 48.5 Å². The molecule has 1 aliphatic carbocycles. The number of aryl methyl sites for hydroxylation is 1. The van der Waals surface area contributed by atoms with Gasteiger partial charge in [-0.05, 0) is 49.3 Å². The van der Waals surface area contributed by atoms with Crippen LogP contribution in [0.2, 0.25) is 0 Å². The predicted molar refractivity (Wildman–Crippen MR) is 80.7 cm³/mol. The van der Waals surface area contributed by atoms with Crippen molar-refractivity contribution in [3.63, 3.8) is 0 Å². The quantitative estimate of drug-likeness (QED) is 0.867. The number of carbonyl (C=O) groups excluding carboxylic acids is 1. The lowest BCUT2D eigenvalue weighted by Gasteiger charge is -2.34. The van der Waals surface area contributed by atoms with Crippen molar-refractivity contribution in [2.24, 2.45) is 5.92 Å². The number of aliphatic hydroxyl groups is 1. The molecule has 3 nitrogen and oxygen atoms in total. The van der Waals surface area contributed by atoms with Crippen molar-refractivity contribution in [3.05, 3.63) is 35.4 Å². The summed E-state index contributed by atoms with van der Waals surface area (Å²) in [5, 5.41) is 9.28. The number of benzene rings is 1. The Kier molecular flexibility index (Phi) is 5.18. The summed E-state index contributed by atoms with van der Waals surface area (Å²) in [6, 6.07) is 7.98. The topological polar surface area (TPSA) is 40.5 Å². The predicted octanol–water partition coefficient (Wildman–Crippen LogP) is 2.87. The highest BCUT2D eigenvalue weighted by Gasteiger charge is 2.29. The van der Waals surface area contributed by atoms with Crippen molar-refractivity contribution in [2.45, 2.75) is 45.1 Å². The van der Waals surface area contributed by atoms with Crippen LogP contribution in [0.5, 0.6) is 0 Å². The van der Waals surface area contributed by atoms with Gasteiger partial charge in [0.25, 0.3) is 5.91 Å². The zero-order valence-corrected chi connectivity index (χ0v) is 12.5. The van der Waals surface area contributed by atoms with Gasteiger partial charge in [-0.2, -0.15) is 0 Å². The Balaban J connectivity index is 1.87. The van der Waals surface area contributed by atoms with Crippen LogP contribution in [0.4, 0.5) is 0 Å². The second-order valence-electron chi connectivity index (χ2n) is 5.98. The summed E-state index contributed by atoms with van der Waals surface area (Å²) in [5.41, 5.74) is 2.06. The van der Waals surface area contributed by atoms with Crippen molar-refractivity contribution < 1.29 is 9.90 Å². The highest BCUT2D eigenvalue weighted by Crippen LogP contribution is 2.27. The number of amides is 1. The van der Waals surface area contributed by atoms with Gasteiger partial charge in [-0.25, -0.2) is 0 Å². The van der Waals surface area contributed by atoms with Crippen molar-refractivity contribution >= 4 is 5.91 Å². The molecule has 0 radical (unpaired) electrons. The van der Waals surface area contributed by atoms with Crippen LogP contribution in [0, 0.1) is 5.92 Å². The zero-order valence-electron chi connectivity index (χ0n) is 12.5. The first-order chi connectivity index (χ1) is 9.60. The van der Waals surface area contributed by atoms with E-state index in [2.05, 4.69) is 19.1 Å². The molecule has 0 aliphatic heterocycles. The monoisotopic (exact) mass is 275 g/mol. The van der Waals surface area contributed by atoms with E-state index in [4.69, 9.17) is 0 Å². The van der Waals surface area contributed by atoms with Gasteiger partial charge in [0.2, 0.25) is 0 Å². The minimum absolute atomic E-state index is 0.0773. The molecule has 0 heterocycles. The van der Waals surface area contributed by atoms with E-state index in [1.54, 1.807) is 4.90 Å². The lowest BCUT2D eigenvalue weighted by molar-refractivity contribution is 0.0265. The number of nitrogens with zero attached hydrogens (tertiary/aromatic N) is 1. The van der Waals surface area contributed by atoms with Crippen molar-refractivity contribution in [3.8, 4) is 0 Å². The van der Waals surface area contributed by atoms with Crippen LogP contribution >= 0.6 is 0 Å². The van der Waals surface area contributed by atoms with Crippen LogP contribution in [-0.2, 0) is 6.42 Å². The van der Waals surface area contributed by atoms with E-state index in [1.165, 1.54) is 18.4 Å². The molecule has 0 unspecified atom stereocenters. The largest absolute Gasteiger partial charge is 0.393 e. The number of carbonyl (C=O) groups is 1. The van der Waals surface area contributed by atoms with Crippen molar-refractivity contribution in [1.82, 2.24) is 4.90 Å². The second kappa shape index (κ2) is 6.89. The van der Waals surface area contributed by atoms with Gasteiger partial charge in [-0.1, -0.05) is 25.5 Å². The van der Waals surface area contributed by atoms with Crippen LogP contribution in [0.3, 0.4) is 0 Å². The van der Waals surface area contributed by atoms with E-state index < -0.39 is 0 Å². The maximum absolute atomic E-state index is 12.3. The highest BCUT2D eigenvalue weighted by atomic mass is 16.3. The summed E-state index contributed by atoms with van der Waals surface area (Å²) in [7, 11) is 1.85. The first kappa shape index (κ1) is 15.0. The maximum Gasteiger partial charge on any atom is 0.253 e. The van der Waals surface area contributed by atoms with Gasteiger partial charge in [0.05, 0.1) is 6.10 Å². The third kappa shape index (κ3) is 3.83. The van der Waals surface area contributed by atoms with E-state index in [0.29, 0.717) is 5.92 Å². The number of aliphatic hydroxyl groups excluding tert-OH is 1. The Bertz CT molecular complexity index is 435. The molecule has 3 heteroatoms. The average molecular weight is 275 g/mol. The first-order valence-corrected chi connectivity index (χ1v) is 7.62. The molecule has 0 bridgehead atoms. The molecule has 1 aromatic carbocycles. The lowest BCUT2D eigenvalue weighted by Crippen LogP contribution is -2.39. The molecular formula is C17H25NO2. The highest BCUT2D eigenvalue weighted by molar-refractivity contribution is 5.94. The Morgan fingerprint density at radius 3 is 2.50 bits per heavy atom. The Hall–Kier alpha value is -1.35. The summed E-state index contributed by atoms with van der Waals surface area (Å²) in [4.78, 5) is 14.1. The Morgan fingerprint density at radius 1 is 1.30 bits per heavy atom. The molecule has 0 atom stereocenters. The fourth-order valence-electron chi connectivity index (χ4n) is 2.74. The van der Waals surface area contributed by atoms with Gasteiger partial charge < -0.3 is 10.0 Å².